The van der Waals surface area contributed by atoms with Gasteiger partial charge in [0.25, 0.3) is 0 Å². The molecule has 198 valence electrons. The summed E-state index contributed by atoms with van der Waals surface area (Å²) in [4.78, 5) is 29.4. The minimum Gasteiger partial charge on any atom is -0.497 e. The van der Waals surface area contributed by atoms with E-state index in [-0.39, 0.29) is 16.7 Å². The standard InChI is InChI=1S/C28H30N4O5S/c1-37-23-9-5-8-22(19-23)31-14-16-32(17-15-31)28(34)27(20-6-3-2-4-7-20)30-38(35,36)24-11-12-25-21(18-24)10-13-26(33)29-25/h2-9,11-12,18-19,27,30H,10,13-17H2,1H3,(H,29,33)/t27-/m0/s1. The molecule has 9 nitrogen and oxygen atoms in total. The molecule has 2 aliphatic heterocycles. The number of nitrogens with one attached hydrogen (secondary N) is 2. The molecule has 1 atom stereocenters. The number of rotatable bonds is 7. The second kappa shape index (κ2) is 10.8. The minimum absolute atomic E-state index is 0.0592. The molecule has 1 saturated heterocycles. The molecule has 3 aromatic carbocycles. The van der Waals surface area contributed by atoms with Crippen LogP contribution in [0.4, 0.5) is 11.4 Å². The number of nitrogens with zero attached hydrogens (tertiary/aromatic N) is 2. The van der Waals surface area contributed by atoms with Gasteiger partial charge in [-0.3, -0.25) is 9.59 Å². The molecule has 2 N–H and O–H groups in total. The molecule has 0 saturated carbocycles. The van der Waals surface area contributed by atoms with Crippen molar-refractivity contribution in [3.63, 3.8) is 0 Å². The summed E-state index contributed by atoms with van der Waals surface area (Å²) in [5, 5.41) is 2.76. The van der Waals surface area contributed by atoms with Crippen molar-refractivity contribution >= 4 is 33.2 Å². The van der Waals surface area contributed by atoms with Crippen molar-refractivity contribution in [2.75, 3.05) is 43.5 Å². The zero-order chi connectivity index (χ0) is 26.7. The molecule has 0 aromatic heterocycles. The smallest absolute Gasteiger partial charge is 0.245 e. The maximum Gasteiger partial charge on any atom is 0.245 e. The number of fused-ring (bicyclic) bond motifs is 1. The normalized spacial score (nSPS) is 16.4. The predicted octanol–water partition coefficient (Wildman–Crippen LogP) is 2.95. The van der Waals surface area contributed by atoms with Gasteiger partial charge in [0.05, 0.1) is 12.0 Å². The number of methoxy groups -OCH3 is 1. The number of hydrogen-bond donors (Lipinski definition) is 2. The summed E-state index contributed by atoms with van der Waals surface area (Å²) in [6, 6.07) is 20.2. The van der Waals surface area contributed by atoms with Crippen molar-refractivity contribution in [3.05, 3.63) is 83.9 Å². The van der Waals surface area contributed by atoms with E-state index in [2.05, 4.69) is 14.9 Å². The Balaban J connectivity index is 1.34. The van der Waals surface area contributed by atoms with E-state index in [0.717, 1.165) is 17.0 Å². The van der Waals surface area contributed by atoms with Crippen LogP contribution in [0.3, 0.4) is 0 Å². The van der Waals surface area contributed by atoms with Crippen LogP contribution in [-0.2, 0) is 26.0 Å². The van der Waals surface area contributed by atoms with Crippen LogP contribution in [-0.4, -0.2) is 58.4 Å². The van der Waals surface area contributed by atoms with Crippen molar-refractivity contribution in [2.24, 2.45) is 0 Å². The SMILES string of the molecule is COc1cccc(N2CCN(C(=O)[C@@H](NS(=O)(=O)c3ccc4c(c3)CCC(=O)N4)c3ccccc3)CC2)c1. The summed E-state index contributed by atoms with van der Waals surface area (Å²) < 4.78 is 34.9. The molecule has 0 unspecified atom stereocenters. The third kappa shape index (κ3) is 5.51. The van der Waals surface area contributed by atoms with Crippen LogP contribution in [0.25, 0.3) is 0 Å². The van der Waals surface area contributed by atoms with Crippen molar-refractivity contribution < 1.29 is 22.7 Å². The molecule has 0 radical (unpaired) electrons. The Morgan fingerprint density at radius 3 is 2.45 bits per heavy atom. The number of carbonyl (C=O) groups excluding carboxylic acids is 2. The highest BCUT2D eigenvalue weighted by Gasteiger charge is 2.33. The Morgan fingerprint density at radius 2 is 1.71 bits per heavy atom. The maximum atomic E-state index is 13.7. The Bertz CT molecular complexity index is 1440. The van der Waals surface area contributed by atoms with E-state index in [1.807, 2.05) is 30.3 Å². The van der Waals surface area contributed by atoms with E-state index >= 15 is 0 Å². The van der Waals surface area contributed by atoms with Gasteiger partial charge in [-0.05, 0) is 47.9 Å². The van der Waals surface area contributed by atoms with Crippen LogP contribution in [0.15, 0.2) is 77.7 Å². The van der Waals surface area contributed by atoms with Gasteiger partial charge in [-0.15, -0.1) is 0 Å². The van der Waals surface area contributed by atoms with Gasteiger partial charge in [0.15, 0.2) is 0 Å². The van der Waals surface area contributed by atoms with Gasteiger partial charge in [-0.1, -0.05) is 36.4 Å². The Hall–Kier alpha value is -3.89. The lowest BCUT2D eigenvalue weighted by molar-refractivity contribution is -0.133. The summed E-state index contributed by atoms with van der Waals surface area (Å²) in [6.45, 7) is 2.15. The molecule has 0 aliphatic carbocycles. The highest BCUT2D eigenvalue weighted by atomic mass is 32.2. The number of sulfonamides is 1. The average Bonchev–Trinajstić information content (AvgIpc) is 2.96. The topological polar surface area (TPSA) is 108 Å². The van der Waals surface area contributed by atoms with Crippen LogP contribution < -0.4 is 19.7 Å². The Kier molecular flexibility index (Phi) is 7.35. The van der Waals surface area contributed by atoms with Crippen molar-refractivity contribution in [1.29, 1.82) is 0 Å². The summed E-state index contributed by atoms with van der Waals surface area (Å²) >= 11 is 0. The van der Waals surface area contributed by atoms with E-state index in [9.17, 15) is 18.0 Å². The number of benzene rings is 3. The van der Waals surface area contributed by atoms with Crippen molar-refractivity contribution in [3.8, 4) is 5.75 Å². The van der Waals surface area contributed by atoms with Crippen LogP contribution >= 0.6 is 0 Å². The lowest BCUT2D eigenvalue weighted by atomic mass is 10.0. The molecule has 0 spiro atoms. The first-order valence-corrected chi connectivity index (χ1v) is 14.0. The fraction of sp³-hybridized carbons (Fsp3) is 0.286. The molecule has 1 fully saturated rings. The number of hydrogen-bond acceptors (Lipinski definition) is 6. The highest BCUT2D eigenvalue weighted by Crippen LogP contribution is 2.28. The number of piperazine rings is 1. The van der Waals surface area contributed by atoms with E-state index in [4.69, 9.17) is 4.74 Å². The molecule has 0 bridgehead atoms. The molecule has 2 aliphatic rings. The predicted molar refractivity (Wildman–Crippen MR) is 145 cm³/mol. The van der Waals surface area contributed by atoms with Crippen molar-refractivity contribution in [1.82, 2.24) is 9.62 Å². The van der Waals surface area contributed by atoms with Crippen LogP contribution in [0, 0.1) is 0 Å². The van der Waals surface area contributed by atoms with Crippen LogP contribution in [0.2, 0.25) is 0 Å². The summed E-state index contributed by atoms with van der Waals surface area (Å²) in [5.74, 6) is 0.381. The van der Waals surface area contributed by atoms with Gasteiger partial charge in [-0.25, -0.2) is 8.42 Å². The number of amides is 2. The largest absolute Gasteiger partial charge is 0.497 e. The number of anilines is 2. The Morgan fingerprint density at radius 1 is 0.947 bits per heavy atom. The monoisotopic (exact) mass is 534 g/mol. The third-order valence-electron chi connectivity index (χ3n) is 6.95. The maximum absolute atomic E-state index is 13.7. The number of aryl methyl sites for hydroxylation is 1. The van der Waals surface area contributed by atoms with Gasteiger partial charge >= 0.3 is 0 Å². The first kappa shape index (κ1) is 25.7. The summed E-state index contributed by atoms with van der Waals surface area (Å²) in [7, 11) is -2.41. The van der Waals surface area contributed by atoms with Crippen LogP contribution in [0.1, 0.15) is 23.6 Å². The minimum atomic E-state index is -4.03. The van der Waals surface area contributed by atoms with Gasteiger partial charge in [0, 0.05) is 50.0 Å². The fourth-order valence-corrected chi connectivity index (χ4v) is 6.06. The Labute approximate surface area is 222 Å². The summed E-state index contributed by atoms with van der Waals surface area (Å²) in [6.07, 6.45) is 0.764. The number of carbonyl (C=O) groups is 2. The molecule has 5 rings (SSSR count). The van der Waals surface area contributed by atoms with E-state index in [0.29, 0.717) is 50.3 Å². The zero-order valence-corrected chi connectivity index (χ0v) is 21.9. The van der Waals surface area contributed by atoms with Gasteiger partial charge in [0.1, 0.15) is 11.8 Å². The van der Waals surface area contributed by atoms with Gasteiger partial charge in [0.2, 0.25) is 21.8 Å². The van der Waals surface area contributed by atoms with Crippen molar-refractivity contribution in [2.45, 2.75) is 23.8 Å². The van der Waals surface area contributed by atoms with E-state index < -0.39 is 16.1 Å². The lowest BCUT2D eigenvalue weighted by Crippen LogP contribution is -2.52. The zero-order valence-electron chi connectivity index (χ0n) is 21.1. The second-order valence-corrected chi connectivity index (χ2v) is 11.1. The lowest BCUT2D eigenvalue weighted by Gasteiger charge is -2.37. The quantitative estimate of drug-likeness (QED) is 0.483. The molecule has 10 heteroatoms. The number of ether oxygens (including phenoxy) is 1. The van der Waals surface area contributed by atoms with Crippen LogP contribution in [0.5, 0.6) is 5.75 Å². The fourth-order valence-electron chi connectivity index (χ4n) is 4.83. The first-order valence-electron chi connectivity index (χ1n) is 12.5. The molecule has 2 heterocycles. The molecular weight excluding hydrogens is 504 g/mol. The van der Waals surface area contributed by atoms with E-state index in [1.54, 1.807) is 48.4 Å². The highest BCUT2D eigenvalue weighted by molar-refractivity contribution is 7.89. The first-order chi connectivity index (χ1) is 18.3. The molecular formula is C28H30N4O5S. The van der Waals surface area contributed by atoms with E-state index in [1.165, 1.54) is 6.07 Å². The van der Waals surface area contributed by atoms with Gasteiger partial charge in [-0.2, -0.15) is 4.72 Å². The molecule has 38 heavy (non-hydrogen) atoms. The summed E-state index contributed by atoms with van der Waals surface area (Å²) in [5.41, 5.74) is 2.95. The molecule has 3 aromatic rings. The molecule has 2 amide bonds. The third-order valence-corrected chi connectivity index (χ3v) is 8.37. The second-order valence-electron chi connectivity index (χ2n) is 9.35. The average molecular weight is 535 g/mol. The van der Waals surface area contributed by atoms with Gasteiger partial charge < -0.3 is 19.9 Å².